The number of hydrogen-bond donors (Lipinski definition) is 2. The van der Waals surface area contributed by atoms with E-state index in [1.165, 1.54) is 0 Å². The number of nitrogens with zero attached hydrogens (tertiary/aromatic N) is 6. The van der Waals surface area contributed by atoms with E-state index in [0.29, 0.717) is 11.5 Å². The topological polar surface area (TPSA) is 97.2 Å². The van der Waals surface area contributed by atoms with E-state index in [2.05, 4.69) is 35.6 Å². The van der Waals surface area contributed by atoms with Gasteiger partial charge in [0.25, 0.3) is 0 Å². The normalized spacial score (nSPS) is 11.0. The van der Waals surface area contributed by atoms with Crippen LogP contribution in [0.1, 0.15) is 6.42 Å². The summed E-state index contributed by atoms with van der Waals surface area (Å²) < 4.78 is 1.78. The summed E-state index contributed by atoms with van der Waals surface area (Å²) in [4.78, 5) is 15.2. The van der Waals surface area contributed by atoms with Crippen molar-refractivity contribution >= 4 is 28.6 Å². The van der Waals surface area contributed by atoms with Crippen LogP contribution in [0.4, 0.5) is 5.82 Å². The first-order valence-electron chi connectivity index (χ1n) is 5.77. The third-order valence-corrected chi connectivity index (χ3v) is 2.76. The standard InChI is InChI=1S/C10H11ClN8/c11-10-16-8(7-9(17-10)14-6-13-7)12-2-1-4-19-5-3-15-18-19/h3,5-6H,1-2,4H2,(H2,12,13,14,16,17). The number of anilines is 1. The molecule has 0 aliphatic rings. The van der Waals surface area contributed by atoms with E-state index in [4.69, 9.17) is 11.6 Å². The lowest BCUT2D eigenvalue weighted by molar-refractivity contribution is 0.569. The number of aromatic nitrogens is 7. The summed E-state index contributed by atoms with van der Waals surface area (Å²) in [7, 11) is 0. The molecule has 3 heterocycles. The van der Waals surface area contributed by atoms with Gasteiger partial charge in [0.05, 0.1) is 12.5 Å². The van der Waals surface area contributed by atoms with Crippen LogP contribution in [-0.4, -0.2) is 41.5 Å². The molecule has 3 rings (SSSR count). The Balaban J connectivity index is 1.63. The van der Waals surface area contributed by atoms with Crippen molar-refractivity contribution in [2.24, 2.45) is 0 Å². The minimum absolute atomic E-state index is 0.179. The van der Waals surface area contributed by atoms with Gasteiger partial charge in [-0.05, 0) is 18.0 Å². The smallest absolute Gasteiger partial charge is 0.226 e. The predicted octanol–water partition coefficient (Wildman–Crippen LogP) is 1.10. The molecule has 3 aromatic heterocycles. The van der Waals surface area contributed by atoms with Gasteiger partial charge >= 0.3 is 0 Å². The molecule has 0 amide bonds. The van der Waals surface area contributed by atoms with Crippen molar-refractivity contribution in [2.75, 3.05) is 11.9 Å². The van der Waals surface area contributed by atoms with Crippen LogP contribution in [0.5, 0.6) is 0 Å². The molecule has 0 unspecified atom stereocenters. The molecule has 19 heavy (non-hydrogen) atoms. The Hall–Kier alpha value is -2.22. The number of rotatable bonds is 5. The summed E-state index contributed by atoms with van der Waals surface area (Å²) >= 11 is 5.84. The van der Waals surface area contributed by atoms with Crippen LogP contribution in [0.2, 0.25) is 5.28 Å². The van der Waals surface area contributed by atoms with Gasteiger partial charge in [-0.1, -0.05) is 5.21 Å². The van der Waals surface area contributed by atoms with Crippen LogP contribution in [0.25, 0.3) is 11.2 Å². The fourth-order valence-corrected chi connectivity index (χ4v) is 1.90. The summed E-state index contributed by atoms with van der Waals surface area (Å²) in [6.45, 7) is 1.53. The second-order valence-electron chi connectivity index (χ2n) is 3.89. The molecule has 0 saturated heterocycles. The van der Waals surface area contributed by atoms with Crippen molar-refractivity contribution in [2.45, 2.75) is 13.0 Å². The minimum atomic E-state index is 0.179. The van der Waals surface area contributed by atoms with Crippen molar-refractivity contribution in [3.63, 3.8) is 0 Å². The van der Waals surface area contributed by atoms with Gasteiger partial charge in [0.15, 0.2) is 11.5 Å². The van der Waals surface area contributed by atoms with E-state index in [9.17, 15) is 0 Å². The average molecular weight is 279 g/mol. The molecule has 98 valence electrons. The van der Waals surface area contributed by atoms with E-state index < -0.39 is 0 Å². The SMILES string of the molecule is Clc1nc(NCCCn2ccnn2)c2[nH]cnc2n1. The third-order valence-electron chi connectivity index (χ3n) is 2.59. The maximum Gasteiger partial charge on any atom is 0.226 e. The molecule has 0 fully saturated rings. The number of nitrogens with one attached hydrogen (secondary N) is 2. The highest BCUT2D eigenvalue weighted by molar-refractivity contribution is 6.28. The van der Waals surface area contributed by atoms with Crippen molar-refractivity contribution in [1.29, 1.82) is 0 Å². The van der Waals surface area contributed by atoms with E-state index in [-0.39, 0.29) is 5.28 Å². The summed E-state index contributed by atoms with van der Waals surface area (Å²) in [5, 5.41) is 11.0. The molecular weight excluding hydrogens is 268 g/mol. The van der Waals surface area contributed by atoms with Crippen LogP contribution in [0.3, 0.4) is 0 Å². The summed E-state index contributed by atoms with van der Waals surface area (Å²) in [6.07, 6.45) is 5.94. The predicted molar refractivity (Wildman–Crippen MR) is 69.8 cm³/mol. The van der Waals surface area contributed by atoms with Crippen LogP contribution >= 0.6 is 11.6 Å². The molecular formula is C10H11ClN8. The second-order valence-corrected chi connectivity index (χ2v) is 4.23. The lowest BCUT2D eigenvalue weighted by Crippen LogP contribution is -2.09. The molecule has 3 aromatic rings. The van der Waals surface area contributed by atoms with Gasteiger partial charge in [0.2, 0.25) is 5.28 Å². The zero-order valence-electron chi connectivity index (χ0n) is 9.91. The van der Waals surface area contributed by atoms with Crippen molar-refractivity contribution < 1.29 is 0 Å². The second kappa shape index (κ2) is 5.19. The fourth-order valence-electron chi connectivity index (χ4n) is 1.73. The molecule has 0 bridgehead atoms. The molecule has 0 spiro atoms. The third kappa shape index (κ3) is 2.63. The zero-order valence-corrected chi connectivity index (χ0v) is 10.7. The van der Waals surface area contributed by atoms with Gasteiger partial charge in [-0.3, -0.25) is 4.68 Å². The van der Waals surface area contributed by atoms with Crippen LogP contribution < -0.4 is 5.32 Å². The lowest BCUT2D eigenvalue weighted by atomic mass is 10.4. The molecule has 0 aliphatic carbocycles. The Labute approximate surface area is 113 Å². The average Bonchev–Trinajstić information content (AvgIpc) is 3.04. The van der Waals surface area contributed by atoms with Crippen molar-refractivity contribution in [3.05, 3.63) is 24.0 Å². The Morgan fingerprint density at radius 1 is 1.37 bits per heavy atom. The Morgan fingerprint density at radius 2 is 2.32 bits per heavy atom. The molecule has 8 nitrogen and oxygen atoms in total. The fraction of sp³-hybridized carbons (Fsp3) is 0.300. The van der Waals surface area contributed by atoms with E-state index in [1.807, 2.05) is 6.20 Å². The lowest BCUT2D eigenvalue weighted by Gasteiger charge is -2.06. The Kier molecular flexibility index (Phi) is 3.23. The minimum Gasteiger partial charge on any atom is -0.368 e. The first-order chi connectivity index (χ1) is 9.33. The number of fused-ring (bicyclic) bond motifs is 1. The van der Waals surface area contributed by atoms with E-state index in [0.717, 1.165) is 25.0 Å². The van der Waals surface area contributed by atoms with Gasteiger partial charge in [0, 0.05) is 19.3 Å². The van der Waals surface area contributed by atoms with E-state index >= 15 is 0 Å². The highest BCUT2D eigenvalue weighted by atomic mass is 35.5. The Morgan fingerprint density at radius 3 is 3.16 bits per heavy atom. The molecule has 2 N–H and O–H groups in total. The van der Waals surface area contributed by atoms with Gasteiger partial charge in [0.1, 0.15) is 5.52 Å². The maximum absolute atomic E-state index is 5.84. The van der Waals surface area contributed by atoms with Crippen LogP contribution in [0, 0.1) is 0 Å². The van der Waals surface area contributed by atoms with Gasteiger partial charge in [-0.25, -0.2) is 4.98 Å². The summed E-state index contributed by atoms with van der Waals surface area (Å²) in [5.41, 5.74) is 1.31. The highest BCUT2D eigenvalue weighted by Gasteiger charge is 2.07. The zero-order chi connectivity index (χ0) is 13.1. The van der Waals surface area contributed by atoms with Crippen LogP contribution in [0.15, 0.2) is 18.7 Å². The molecule has 0 saturated carbocycles. The number of aryl methyl sites for hydroxylation is 1. The number of aromatic amines is 1. The number of imidazole rings is 1. The molecule has 9 heteroatoms. The maximum atomic E-state index is 5.84. The van der Waals surface area contributed by atoms with Crippen molar-refractivity contribution in [3.8, 4) is 0 Å². The Bertz CT molecular complexity index is 661. The number of hydrogen-bond acceptors (Lipinski definition) is 6. The number of H-pyrrole nitrogens is 1. The molecule has 0 atom stereocenters. The largest absolute Gasteiger partial charge is 0.368 e. The first kappa shape index (κ1) is 11.8. The quantitative estimate of drug-likeness (QED) is 0.536. The van der Waals surface area contributed by atoms with Crippen molar-refractivity contribution in [1.82, 2.24) is 34.9 Å². The van der Waals surface area contributed by atoms with Gasteiger partial charge in [-0.15, -0.1) is 5.10 Å². The van der Waals surface area contributed by atoms with E-state index in [1.54, 1.807) is 17.2 Å². The molecule has 0 radical (unpaired) electrons. The molecule has 0 aliphatic heterocycles. The van der Waals surface area contributed by atoms with Crippen LogP contribution in [-0.2, 0) is 6.54 Å². The van der Waals surface area contributed by atoms with Gasteiger partial charge < -0.3 is 10.3 Å². The summed E-state index contributed by atoms with van der Waals surface area (Å²) in [5.74, 6) is 0.658. The summed E-state index contributed by atoms with van der Waals surface area (Å²) in [6, 6.07) is 0. The van der Waals surface area contributed by atoms with Gasteiger partial charge in [-0.2, -0.15) is 9.97 Å². The highest BCUT2D eigenvalue weighted by Crippen LogP contribution is 2.18. The first-order valence-corrected chi connectivity index (χ1v) is 6.15. The monoisotopic (exact) mass is 278 g/mol. The molecule has 0 aromatic carbocycles. The number of halogens is 1.